The van der Waals surface area contributed by atoms with E-state index in [1.807, 2.05) is 6.20 Å². The standard InChI is InChI=1S/C28H40N6O/c1-3-4-15-32(2)28-30-18-25-26(20-34(27(25)31-28)23-9-11-24(35)12-10-23)22-7-5-21(6-8-22)19-33-16-13-29-14-17-33/h5-8,18,20,23-24,29,35H,3-4,9-17,19H2,1-2H3. The molecule has 3 aromatic rings. The average molecular weight is 477 g/mol. The topological polar surface area (TPSA) is 69.5 Å². The van der Waals surface area contributed by atoms with Gasteiger partial charge in [0.1, 0.15) is 5.65 Å². The smallest absolute Gasteiger partial charge is 0.227 e. The van der Waals surface area contributed by atoms with Crippen LogP contribution in [0.25, 0.3) is 22.2 Å². The molecule has 2 fully saturated rings. The molecule has 2 N–H and O–H groups in total. The number of anilines is 1. The van der Waals surface area contributed by atoms with Crippen molar-refractivity contribution in [3.8, 4) is 11.1 Å². The molecule has 0 atom stereocenters. The van der Waals surface area contributed by atoms with Crippen LogP contribution >= 0.6 is 0 Å². The summed E-state index contributed by atoms with van der Waals surface area (Å²) in [5.41, 5.74) is 4.78. The van der Waals surface area contributed by atoms with Crippen molar-refractivity contribution >= 4 is 17.0 Å². The molecule has 1 aliphatic carbocycles. The molecule has 0 amide bonds. The van der Waals surface area contributed by atoms with E-state index in [0.717, 1.165) is 94.8 Å². The third-order valence-corrected chi connectivity index (χ3v) is 7.69. The van der Waals surface area contributed by atoms with Crippen LogP contribution in [0.4, 0.5) is 5.95 Å². The Hall–Kier alpha value is -2.48. The van der Waals surface area contributed by atoms with Gasteiger partial charge >= 0.3 is 0 Å². The second-order valence-electron chi connectivity index (χ2n) is 10.3. The van der Waals surface area contributed by atoms with Gasteiger partial charge in [-0.1, -0.05) is 37.6 Å². The molecular formula is C28H40N6O. The molecule has 0 spiro atoms. The fourth-order valence-electron chi connectivity index (χ4n) is 5.46. The lowest BCUT2D eigenvalue weighted by Gasteiger charge is -2.27. The number of rotatable bonds is 8. The SMILES string of the molecule is CCCCN(C)c1ncc2c(-c3ccc(CN4CCNCC4)cc3)cn(C3CCC(O)CC3)c2n1. The number of nitrogens with zero attached hydrogens (tertiary/aromatic N) is 5. The van der Waals surface area contributed by atoms with Gasteiger partial charge in [0.05, 0.1) is 6.10 Å². The number of fused-ring (bicyclic) bond motifs is 1. The predicted molar refractivity (Wildman–Crippen MR) is 143 cm³/mol. The molecule has 188 valence electrons. The van der Waals surface area contributed by atoms with E-state index in [2.05, 4.69) is 64.1 Å². The molecule has 2 aliphatic rings. The van der Waals surface area contributed by atoms with Crippen LogP contribution in [-0.4, -0.2) is 70.4 Å². The zero-order valence-electron chi connectivity index (χ0n) is 21.3. The number of aliphatic hydroxyl groups is 1. The van der Waals surface area contributed by atoms with Gasteiger partial charge in [0.25, 0.3) is 0 Å². The molecule has 3 heterocycles. The summed E-state index contributed by atoms with van der Waals surface area (Å²) in [7, 11) is 2.08. The molecule has 2 aromatic heterocycles. The first-order valence-electron chi connectivity index (χ1n) is 13.4. The predicted octanol–water partition coefficient (Wildman–Crippen LogP) is 4.22. The number of hydrogen-bond donors (Lipinski definition) is 2. The normalized spacial score (nSPS) is 21.5. The molecule has 35 heavy (non-hydrogen) atoms. The summed E-state index contributed by atoms with van der Waals surface area (Å²) in [6.07, 6.45) is 10.1. The minimum absolute atomic E-state index is 0.166. The number of unbranched alkanes of at least 4 members (excludes halogenated alkanes) is 1. The summed E-state index contributed by atoms with van der Waals surface area (Å²) in [6.45, 7) is 8.54. The zero-order chi connectivity index (χ0) is 24.2. The summed E-state index contributed by atoms with van der Waals surface area (Å²) in [5.74, 6) is 0.791. The summed E-state index contributed by atoms with van der Waals surface area (Å²) in [6, 6.07) is 9.41. The van der Waals surface area contributed by atoms with Crippen LogP contribution < -0.4 is 10.2 Å². The van der Waals surface area contributed by atoms with Crippen molar-refractivity contribution in [3.05, 3.63) is 42.2 Å². The Morgan fingerprint density at radius 2 is 1.83 bits per heavy atom. The fraction of sp³-hybridized carbons (Fsp3) is 0.571. The van der Waals surface area contributed by atoms with Gasteiger partial charge < -0.3 is 19.9 Å². The molecule has 0 bridgehead atoms. The van der Waals surface area contributed by atoms with Crippen molar-refractivity contribution in [2.45, 2.75) is 64.1 Å². The number of aromatic nitrogens is 3. The lowest BCUT2D eigenvalue weighted by Crippen LogP contribution is -2.42. The molecule has 0 unspecified atom stereocenters. The van der Waals surface area contributed by atoms with Gasteiger partial charge in [-0.3, -0.25) is 4.90 Å². The van der Waals surface area contributed by atoms with E-state index in [9.17, 15) is 5.11 Å². The van der Waals surface area contributed by atoms with Crippen molar-refractivity contribution in [1.82, 2.24) is 24.8 Å². The van der Waals surface area contributed by atoms with Gasteiger partial charge in [-0.2, -0.15) is 4.98 Å². The van der Waals surface area contributed by atoms with E-state index >= 15 is 0 Å². The molecule has 7 heteroatoms. The highest BCUT2D eigenvalue weighted by Gasteiger charge is 2.24. The van der Waals surface area contributed by atoms with Crippen molar-refractivity contribution in [2.75, 3.05) is 44.7 Å². The van der Waals surface area contributed by atoms with E-state index in [4.69, 9.17) is 9.97 Å². The molecule has 1 aliphatic heterocycles. The Morgan fingerprint density at radius 1 is 1.09 bits per heavy atom. The first-order valence-corrected chi connectivity index (χ1v) is 13.4. The van der Waals surface area contributed by atoms with Crippen molar-refractivity contribution in [2.24, 2.45) is 0 Å². The number of nitrogens with one attached hydrogen (secondary N) is 1. The van der Waals surface area contributed by atoms with Crippen LogP contribution in [0.2, 0.25) is 0 Å². The summed E-state index contributed by atoms with van der Waals surface area (Å²) >= 11 is 0. The quantitative estimate of drug-likeness (QED) is 0.507. The third-order valence-electron chi connectivity index (χ3n) is 7.69. The van der Waals surface area contributed by atoms with Crippen LogP contribution in [-0.2, 0) is 6.54 Å². The van der Waals surface area contributed by atoms with Crippen LogP contribution in [0, 0.1) is 0 Å². The largest absolute Gasteiger partial charge is 0.393 e. The summed E-state index contributed by atoms with van der Waals surface area (Å²) in [5, 5.41) is 14.6. The van der Waals surface area contributed by atoms with E-state index in [-0.39, 0.29) is 6.10 Å². The number of hydrogen-bond acceptors (Lipinski definition) is 6. The van der Waals surface area contributed by atoms with Gasteiger partial charge in [0.2, 0.25) is 5.95 Å². The molecule has 1 saturated heterocycles. The van der Waals surface area contributed by atoms with Crippen LogP contribution in [0.5, 0.6) is 0 Å². The van der Waals surface area contributed by atoms with Gasteiger partial charge in [-0.25, -0.2) is 4.98 Å². The molecule has 5 rings (SSSR count). The van der Waals surface area contributed by atoms with Gasteiger partial charge in [0, 0.05) is 75.7 Å². The van der Waals surface area contributed by atoms with Crippen LogP contribution in [0.15, 0.2) is 36.7 Å². The second kappa shape index (κ2) is 11.1. The van der Waals surface area contributed by atoms with Crippen LogP contribution in [0.1, 0.15) is 57.1 Å². The molecule has 0 radical (unpaired) electrons. The highest BCUT2D eigenvalue weighted by atomic mass is 16.3. The highest BCUT2D eigenvalue weighted by molar-refractivity contribution is 5.94. The maximum atomic E-state index is 10.1. The Morgan fingerprint density at radius 3 is 2.54 bits per heavy atom. The fourth-order valence-corrected chi connectivity index (χ4v) is 5.46. The van der Waals surface area contributed by atoms with Gasteiger partial charge in [0.15, 0.2) is 0 Å². The lowest BCUT2D eigenvalue weighted by atomic mass is 9.93. The monoisotopic (exact) mass is 476 g/mol. The number of piperazine rings is 1. The number of aliphatic hydroxyl groups excluding tert-OH is 1. The molecule has 1 aromatic carbocycles. The summed E-state index contributed by atoms with van der Waals surface area (Å²) < 4.78 is 2.37. The van der Waals surface area contributed by atoms with E-state index in [1.165, 1.54) is 16.7 Å². The Bertz CT molecular complexity index is 1100. The second-order valence-corrected chi connectivity index (χ2v) is 10.3. The van der Waals surface area contributed by atoms with E-state index in [1.54, 1.807) is 0 Å². The molecule has 7 nitrogen and oxygen atoms in total. The van der Waals surface area contributed by atoms with Crippen molar-refractivity contribution in [1.29, 1.82) is 0 Å². The average Bonchev–Trinajstić information content (AvgIpc) is 3.27. The minimum atomic E-state index is -0.166. The Balaban J connectivity index is 1.46. The maximum Gasteiger partial charge on any atom is 0.227 e. The van der Waals surface area contributed by atoms with Crippen molar-refractivity contribution in [3.63, 3.8) is 0 Å². The lowest BCUT2D eigenvalue weighted by molar-refractivity contribution is 0.111. The van der Waals surface area contributed by atoms with E-state index < -0.39 is 0 Å². The Labute approximate surface area is 209 Å². The van der Waals surface area contributed by atoms with Crippen molar-refractivity contribution < 1.29 is 5.11 Å². The molecular weight excluding hydrogens is 436 g/mol. The minimum Gasteiger partial charge on any atom is -0.393 e. The third kappa shape index (κ3) is 5.52. The zero-order valence-corrected chi connectivity index (χ0v) is 21.3. The summed E-state index contributed by atoms with van der Waals surface area (Å²) in [4.78, 5) is 14.5. The first kappa shape index (κ1) is 24.2. The molecule has 1 saturated carbocycles. The van der Waals surface area contributed by atoms with E-state index in [0.29, 0.717) is 6.04 Å². The van der Waals surface area contributed by atoms with Gasteiger partial charge in [-0.05, 0) is 43.2 Å². The Kier molecular flexibility index (Phi) is 7.66. The highest BCUT2D eigenvalue weighted by Crippen LogP contribution is 2.37. The first-order chi connectivity index (χ1) is 17.1. The van der Waals surface area contributed by atoms with Crippen LogP contribution in [0.3, 0.4) is 0 Å². The van der Waals surface area contributed by atoms with Gasteiger partial charge in [-0.15, -0.1) is 0 Å². The number of benzene rings is 1. The maximum absolute atomic E-state index is 10.1.